The minimum absolute atomic E-state index is 0.133. The zero-order valence-electron chi connectivity index (χ0n) is 14.4. The van der Waals surface area contributed by atoms with Gasteiger partial charge in [0.1, 0.15) is 16.4 Å². The van der Waals surface area contributed by atoms with Crippen molar-refractivity contribution in [2.75, 3.05) is 14.2 Å². The second kappa shape index (κ2) is 8.02. The van der Waals surface area contributed by atoms with Gasteiger partial charge < -0.3 is 9.47 Å². The maximum absolute atomic E-state index is 12.7. The average molecular weight is 363 g/mol. The van der Waals surface area contributed by atoms with Crippen LogP contribution < -0.4 is 14.2 Å². The Balaban J connectivity index is 2.33. The van der Waals surface area contributed by atoms with Crippen LogP contribution in [0.15, 0.2) is 53.4 Å². The summed E-state index contributed by atoms with van der Waals surface area (Å²) in [6, 6.07) is 13.4. The highest BCUT2D eigenvalue weighted by atomic mass is 32.2. The van der Waals surface area contributed by atoms with Gasteiger partial charge >= 0.3 is 0 Å². The molecule has 1 N–H and O–H groups in total. The number of amides is 1. The quantitative estimate of drug-likeness (QED) is 0.818. The van der Waals surface area contributed by atoms with Crippen LogP contribution in [0.4, 0.5) is 0 Å². The lowest BCUT2D eigenvalue weighted by molar-refractivity contribution is -0.120. The van der Waals surface area contributed by atoms with E-state index in [-0.39, 0.29) is 10.6 Å². The van der Waals surface area contributed by atoms with Gasteiger partial charge in [0.05, 0.1) is 20.1 Å². The third-order valence-electron chi connectivity index (χ3n) is 3.82. The van der Waals surface area contributed by atoms with Crippen LogP contribution in [-0.2, 0) is 14.8 Å². The first-order chi connectivity index (χ1) is 11.9. The third-order valence-corrected chi connectivity index (χ3v) is 5.19. The Bertz CT molecular complexity index is 834. The standard InChI is InChI=1S/C18H21NO5S/c1-4-15(13-8-6-5-7-9-13)18(20)19-25(21,22)17-12-14(23-2)10-11-16(17)24-3/h5-12,15H,4H2,1-3H3,(H,19,20)/t15-/m1/s1. The van der Waals surface area contributed by atoms with Gasteiger partial charge in [0.2, 0.25) is 5.91 Å². The fraction of sp³-hybridized carbons (Fsp3) is 0.278. The van der Waals surface area contributed by atoms with Gasteiger partial charge in [-0.25, -0.2) is 13.1 Å². The zero-order chi connectivity index (χ0) is 18.4. The van der Waals surface area contributed by atoms with Crippen LogP contribution in [0.1, 0.15) is 24.8 Å². The number of rotatable bonds is 7. The van der Waals surface area contributed by atoms with Crippen molar-refractivity contribution in [2.24, 2.45) is 0 Å². The highest BCUT2D eigenvalue weighted by Crippen LogP contribution is 2.29. The predicted molar refractivity (Wildman–Crippen MR) is 94.3 cm³/mol. The van der Waals surface area contributed by atoms with E-state index in [9.17, 15) is 13.2 Å². The molecule has 0 bridgehead atoms. The van der Waals surface area contributed by atoms with Crippen molar-refractivity contribution in [2.45, 2.75) is 24.2 Å². The smallest absolute Gasteiger partial charge is 0.267 e. The van der Waals surface area contributed by atoms with E-state index in [4.69, 9.17) is 9.47 Å². The van der Waals surface area contributed by atoms with Crippen LogP contribution in [0, 0.1) is 0 Å². The van der Waals surface area contributed by atoms with E-state index in [2.05, 4.69) is 4.72 Å². The van der Waals surface area contributed by atoms with Crippen molar-refractivity contribution in [1.29, 1.82) is 0 Å². The van der Waals surface area contributed by atoms with Gasteiger partial charge in [0.25, 0.3) is 10.0 Å². The van der Waals surface area contributed by atoms with Crippen molar-refractivity contribution in [3.63, 3.8) is 0 Å². The van der Waals surface area contributed by atoms with Crippen molar-refractivity contribution in [3.8, 4) is 11.5 Å². The monoisotopic (exact) mass is 363 g/mol. The summed E-state index contributed by atoms with van der Waals surface area (Å²) in [6.45, 7) is 1.83. The fourth-order valence-corrected chi connectivity index (χ4v) is 3.71. The summed E-state index contributed by atoms with van der Waals surface area (Å²) in [5, 5.41) is 0. The highest BCUT2D eigenvalue weighted by molar-refractivity contribution is 7.90. The molecule has 1 amide bonds. The van der Waals surface area contributed by atoms with Crippen molar-refractivity contribution >= 4 is 15.9 Å². The molecule has 2 aromatic rings. The van der Waals surface area contributed by atoms with Crippen LogP contribution in [0.3, 0.4) is 0 Å². The van der Waals surface area contributed by atoms with Crippen molar-refractivity contribution < 1.29 is 22.7 Å². The molecule has 0 unspecified atom stereocenters. The third kappa shape index (κ3) is 4.30. The number of methoxy groups -OCH3 is 2. The minimum Gasteiger partial charge on any atom is -0.497 e. The van der Waals surface area contributed by atoms with E-state index < -0.39 is 21.8 Å². The molecule has 7 heteroatoms. The first-order valence-corrected chi connectivity index (χ1v) is 9.25. The van der Waals surface area contributed by atoms with Crippen LogP contribution in [-0.4, -0.2) is 28.5 Å². The molecule has 2 rings (SSSR count). The predicted octanol–water partition coefficient (Wildman–Crippen LogP) is 2.70. The lowest BCUT2D eigenvalue weighted by Gasteiger charge is -2.17. The molecule has 2 aromatic carbocycles. The molecule has 1 atom stereocenters. The number of hydrogen-bond donors (Lipinski definition) is 1. The second-order valence-corrected chi connectivity index (χ2v) is 7.01. The van der Waals surface area contributed by atoms with Gasteiger partial charge in [-0.1, -0.05) is 37.3 Å². The molecule has 0 heterocycles. The summed E-state index contributed by atoms with van der Waals surface area (Å²) in [6.07, 6.45) is 0.473. The van der Waals surface area contributed by atoms with E-state index in [1.165, 1.54) is 26.4 Å². The second-order valence-electron chi connectivity index (χ2n) is 5.36. The molecule has 0 radical (unpaired) electrons. The number of benzene rings is 2. The van der Waals surface area contributed by atoms with Crippen LogP contribution >= 0.6 is 0 Å². The lowest BCUT2D eigenvalue weighted by atomic mass is 9.96. The molecule has 134 valence electrons. The van der Waals surface area contributed by atoms with Crippen LogP contribution in [0.2, 0.25) is 0 Å². The molecule has 0 aliphatic heterocycles. The Morgan fingerprint density at radius 1 is 1.08 bits per heavy atom. The van der Waals surface area contributed by atoms with Gasteiger partial charge in [0, 0.05) is 6.07 Å². The number of ether oxygens (including phenoxy) is 2. The van der Waals surface area contributed by atoms with Gasteiger partial charge in [-0.3, -0.25) is 4.79 Å². The van der Waals surface area contributed by atoms with E-state index >= 15 is 0 Å². The molecule has 0 aliphatic rings. The molecule has 6 nitrogen and oxygen atoms in total. The number of sulfonamides is 1. The van der Waals surface area contributed by atoms with Gasteiger partial charge in [0.15, 0.2) is 0 Å². The summed E-state index contributed by atoms with van der Waals surface area (Å²) < 4.78 is 37.7. The maximum atomic E-state index is 12.7. The Morgan fingerprint density at radius 3 is 2.32 bits per heavy atom. The van der Waals surface area contributed by atoms with Gasteiger partial charge in [-0.05, 0) is 24.1 Å². The largest absolute Gasteiger partial charge is 0.497 e. The molecule has 0 spiro atoms. The Labute approximate surface area is 147 Å². The first kappa shape index (κ1) is 18.8. The zero-order valence-corrected chi connectivity index (χ0v) is 15.2. The Kier molecular flexibility index (Phi) is 6.03. The maximum Gasteiger partial charge on any atom is 0.267 e. The lowest BCUT2D eigenvalue weighted by Crippen LogP contribution is -2.34. The number of carbonyl (C=O) groups excluding carboxylic acids is 1. The minimum atomic E-state index is -4.10. The summed E-state index contributed by atoms with van der Waals surface area (Å²) in [4.78, 5) is 12.4. The molecule has 0 fully saturated rings. The molecule has 0 saturated carbocycles. The Hall–Kier alpha value is -2.54. The van der Waals surface area contributed by atoms with Crippen molar-refractivity contribution in [3.05, 3.63) is 54.1 Å². The molecular formula is C18H21NO5S. The summed E-state index contributed by atoms with van der Waals surface area (Å²) in [5.74, 6) is -0.663. The topological polar surface area (TPSA) is 81.7 Å². The number of hydrogen-bond acceptors (Lipinski definition) is 5. The average Bonchev–Trinajstić information content (AvgIpc) is 2.62. The van der Waals surface area contributed by atoms with E-state index in [0.29, 0.717) is 12.2 Å². The molecule has 25 heavy (non-hydrogen) atoms. The molecule has 0 aliphatic carbocycles. The number of nitrogens with one attached hydrogen (secondary N) is 1. The molecule has 0 saturated heterocycles. The summed E-state index contributed by atoms with van der Waals surface area (Å²) in [7, 11) is -1.31. The van der Waals surface area contributed by atoms with Crippen LogP contribution in [0.5, 0.6) is 11.5 Å². The van der Waals surface area contributed by atoms with Gasteiger partial charge in [-0.15, -0.1) is 0 Å². The van der Waals surface area contributed by atoms with Crippen molar-refractivity contribution in [1.82, 2.24) is 4.72 Å². The fourth-order valence-electron chi connectivity index (χ4n) is 2.51. The SMILES string of the molecule is CC[C@@H](C(=O)NS(=O)(=O)c1cc(OC)ccc1OC)c1ccccc1. The molecular weight excluding hydrogens is 342 g/mol. The Morgan fingerprint density at radius 2 is 1.76 bits per heavy atom. The molecule has 0 aromatic heterocycles. The van der Waals surface area contributed by atoms with Gasteiger partial charge in [-0.2, -0.15) is 0 Å². The van der Waals surface area contributed by atoms with E-state index in [1.807, 2.05) is 25.1 Å². The first-order valence-electron chi connectivity index (χ1n) is 7.76. The van der Waals surface area contributed by atoms with Crippen LogP contribution in [0.25, 0.3) is 0 Å². The van der Waals surface area contributed by atoms with E-state index in [1.54, 1.807) is 18.2 Å². The number of carbonyl (C=O) groups is 1. The summed E-state index contributed by atoms with van der Waals surface area (Å²) in [5.41, 5.74) is 0.760. The highest BCUT2D eigenvalue weighted by Gasteiger charge is 2.27. The normalized spacial score (nSPS) is 12.3. The summed E-state index contributed by atoms with van der Waals surface area (Å²) >= 11 is 0. The van der Waals surface area contributed by atoms with E-state index in [0.717, 1.165) is 5.56 Å².